The highest BCUT2D eigenvalue weighted by molar-refractivity contribution is 9.10. The number of thioether (sulfide) groups is 1. The Hall–Kier alpha value is -2.58. The van der Waals surface area contributed by atoms with Gasteiger partial charge in [0.2, 0.25) is 0 Å². The van der Waals surface area contributed by atoms with Crippen molar-refractivity contribution in [3.05, 3.63) is 46.9 Å². The number of halogens is 1. The highest BCUT2D eigenvalue weighted by atomic mass is 79.9. The molecule has 0 aliphatic rings. The molecule has 1 N–H and O–H groups in total. The van der Waals surface area contributed by atoms with Crippen molar-refractivity contribution < 1.29 is 13.9 Å². The normalized spacial score (nSPS) is 11.1. The van der Waals surface area contributed by atoms with Crippen molar-refractivity contribution in [2.24, 2.45) is 0 Å². The third-order valence-electron chi connectivity index (χ3n) is 4.11. The molecule has 0 amide bonds. The van der Waals surface area contributed by atoms with E-state index in [2.05, 4.69) is 37.2 Å². The largest absolute Gasteiger partial charge is 0.497 e. The number of fused-ring (bicyclic) bond motifs is 1. The van der Waals surface area contributed by atoms with Crippen LogP contribution in [0, 0.1) is 0 Å². The number of carbonyl (C=O) groups excluding carboxylic acids is 1. The van der Waals surface area contributed by atoms with E-state index >= 15 is 0 Å². The van der Waals surface area contributed by atoms with Crippen molar-refractivity contribution in [2.75, 3.05) is 12.9 Å². The molecule has 0 saturated heterocycles. The minimum Gasteiger partial charge on any atom is -0.497 e. The number of rotatable bonds is 6. The predicted molar refractivity (Wildman–Crippen MR) is 113 cm³/mol. The Morgan fingerprint density at radius 3 is 2.75 bits per heavy atom. The fraction of sp³-hybridized carbons (Fsp3) is 0.150. The monoisotopic (exact) mass is 457 g/mol. The van der Waals surface area contributed by atoms with Crippen LogP contribution in [0.2, 0.25) is 0 Å². The lowest BCUT2D eigenvalue weighted by atomic mass is 10.1. The fourth-order valence-corrected chi connectivity index (χ4v) is 3.89. The SMILES string of the molecule is COc1ccc2cc(-c3oc(-c4nnc(SCC(C)=O)[nH]4)cc3Br)ccc2c1. The van der Waals surface area contributed by atoms with E-state index < -0.39 is 0 Å². The maximum Gasteiger partial charge on any atom is 0.197 e. The number of ketones is 1. The number of hydrogen-bond acceptors (Lipinski definition) is 6. The highest BCUT2D eigenvalue weighted by Gasteiger charge is 2.16. The number of benzene rings is 2. The van der Waals surface area contributed by atoms with Gasteiger partial charge >= 0.3 is 0 Å². The van der Waals surface area contributed by atoms with Crippen LogP contribution < -0.4 is 4.74 Å². The first-order valence-corrected chi connectivity index (χ1v) is 10.2. The maximum absolute atomic E-state index is 11.1. The van der Waals surface area contributed by atoms with Gasteiger partial charge in [-0.2, -0.15) is 0 Å². The number of furan rings is 1. The average molecular weight is 458 g/mol. The highest BCUT2D eigenvalue weighted by Crippen LogP contribution is 2.36. The lowest BCUT2D eigenvalue weighted by molar-refractivity contribution is -0.114. The van der Waals surface area contributed by atoms with Crippen LogP contribution in [0.25, 0.3) is 33.7 Å². The van der Waals surface area contributed by atoms with Crippen molar-refractivity contribution in [3.63, 3.8) is 0 Å². The molecule has 142 valence electrons. The third-order valence-corrected chi connectivity index (χ3v) is 5.71. The molecular weight excluding hydrogens is 442 g/mol. The van der Waals surface area contributed by atoms with E-state index in [0.29, 0.717) is 28.3 Å². The summed E-state index contributed by atoms with van der Waals surface area (Å²) in [6.45, 7) is 1.54. The van der Waals surface area contributed by atoms with E-state index in [-0.39, 0.29) is 5.78 Å². The van der Waals surface area contributed by atoms with E-state index in [1.165, 1.54) is 11.8 Å². The topological polar surface area (TPSA) is 81.0 Å². The van der Waals surface area contributed by atoms with Crippen molar-refractivity contribution >= 4 is 44.2 Å². The number of carbonyl (C=O) groups is 1. The molecule has 0 aliphatic heterocycles. The van der Waals surface area contributed by atoms with Crippen LogP contribution in [0.4, 0.5) is 0 Å². The molecule has 4 rings (SSSR count). The van der Waals surface area contributed by atoms with Gasteiger partial charge in [-0.15, -0.1) is 10.2 Å². The summed E-state index contributed by atoms with van der Waals surface area (Å²) in [6, 6.07) is 13.9. The molecule has 8 heteroatoms. The smallest absolute Gasteiger partial charge is 0.197 e. The Morgan fingerprint density at radius 2 is 1.96 bits per heavy atom. The Bertz CT molecular complexity index is 1170. The Morgan fingerprint density at radius 1 is 1.18 bits per heavy atom. The van der Waals surface area contributed by atoms with Crippen LogP contribution in [-0.2, 0) is 4.79 Å². The summed E-state index contributed by atoms with van der Waals surface area (Å²) in [7, 11) is 1.66. The van der Waals surface area contributed by atoms with Gasteiger partial charge in [0.05, 0.1) is 17.3 Å². The zero-order chi connectivity index (χ0) is 19.7. The third kappa shape index (κ3) is 3.83. The second kappa shape index (κ2) is 7.81. The minimum atomic E-state index is 0.0832. The van der Waals surface area contributed by atoms with Crippen molar-refractivity contribution in [2.45, 2.75) is 12.1 Å². The van der Waals surface area contributed by atoms with Crippen molar-refractivity contribution in [3.8, 4) is 28.7 Å². The molecule has 4 aromatic rings. The molecule has 0 radical (unpaired) electrons. The molecule has 0 fully saturated rings. The molecule has 0 unspecified atom stereocenters. The van der Waals surface area contributed by atoms with Crippen LogP contribution >= 0.6 is 27.7 Å². The second-order valence-electron chi connectivity index (χ2n) is 6.19. The van der Waals surface area contributed by atoms with E-state index in [1.807, 2.05) is 36.4 Å². The van der Waals surface area contributed by atoms with Gasteiger partial charge in [-0.3, -0.25) is 4.79 Å². The zero-order valence-corrected chi connectivity index (χ0v) is 17.6. The Balaban J connectivity index is 1.64. The standard InChI is InChI=1S/C20H16BrN3O3S/c1-11(25)10-28-20-22-19(23-24-20)17-9-16(21)18(27-17)14-4-3-13-8-15(26-2)6-5-12(13)7-14/h3-9H,10H2,1-2H3,(H,22,23,24). The van der Waals surface area contributed by atoms with Crippen LogP contribution in [0.5, 0.6) is 5.75 Å². The molecule has 6 nitrogen and oxygen atoms in total. The lowest BCUT2D eigenvalue weighted by Crippen LogP contribution is -1.93. The van der Waals surface area contributed by atoms with Gasteiger partial charge in [0.15, 0.2) is 16.7 Å². The number of Topliss-reactive ketones (excluding diaryl/α,β-unsaturated/α-hetero) is 1. The predicted octanol–water partition coefficient (Wildman–Crippen LogP) is 5.34. The quantitative estimate of drug-likeness (QED) is 0.393. The van der Waals surface area contributed by atoms with Gasteiger partial charge in [-0.1, -0.05) is 30.0 Å². The summed E-state index contributed by atoms with van der Waals surface area (Å²) in [4.78, 5) is 14.2. The number of hydrogen-bond donors (Lipinski definition) is 1. The zero-order valence-electron chi connectivity index (χ0n) is 15.2. The summed E-state index contributed by atoms with van der Waals surface area (Å²) >= 11 is 4.88. The summed E-state index contributed by atoms with van der Waals surface area (Å²) in [5.41, 5.74) is 0.946. The van der Waals surface area contributed by atoms with E-state index in [9.17, 15) is 4.79 Å². The summed E-state index contributed by atoms with van der Waals surface area (Å²) < 4.78 is 12.1. The van der Waals surface area contributed by atoms with Crippen LogP contribution in [0.1, 0.15) is 6.92 Å². The molecule has 0 atom stereocenters. The number of nitrogens with one attached hydrogen (secondary N) is 1. The van der Waals surface area contributed by atoms with Crippen LogP contribution in [0.3, 0.4) is 0 Å². The summed E-state index contributed by atoms with van der Waals surface area (Å²) in [5.74, 6) is 3.05. The van der Waals surface area contributed by atoms with E-state index in [0.717, 1.165) is 26.6 Å². The van der Waals surface area contributed by atoms with Gasteiger partial charge in [0.25, 0.3) is 0 Å². The summed E-state index contributed by atoms with van der Waals surface area (Å²) in [5, 5.41) is 10.9. The fourth-order valence-electron chi connectivity index (χ4n) is 2.77. The van der Waals surface area contributed by atoms with Gasteiger partial charge < -0.3 is 14.1 Å². The molecule has 0 bridgehead atoms. The molecule has 28 heavy (non-hydrogen) atoms. The Labute approximate surface area is 173 Å². The lowest BCUT2D eigenvalue weighted by Gasteiger charge is -2.05. The van der Waals surface area contributed by atoms with Gasteiger partial charge in [0, 0.05) is 11.6 Å². The average Bonchev–Trinajstić information content (AvgIpc) is 3.32. The van der Waals surface area contributed by atoms with E-state index in [1.54, 1.807) is 14.0 Å². The number of methoxy groups -OCH3 is 1. The molecule has 0 saturated carbocycles. The van der Waals surface area contributed by atoms with Crippen LogP contribution in [-0.4, -0.2) is 33.8 Å². The molecule has 2 aromatic heterocycles. The number of aromatic amines is 1. The molecular formula is C20H16BrN3O3S. The molecule has 0 aliphatic carbocycles. The summed E-state index contributed by atoms with van der Waals surface area (Å²) in [6.07, 6.45) is 0. The van der Waals surface area contributed by atoms with Crippen molar-refractivity contribution in [1.29, 1.82) is 0 Å². The van der Waals surface area contributed by atoms with Crippen LogP contribution in [0.15, 0.2) is 56.5 Å². The number of H-pyrrole nitrogens is 1. The van der Waals surface area contributed by atoms with Crippen molar-refractivity contribution in [1.82, 2.24) is 15.2 Å². The first-order chi connectivity index (χ1) is 13.5. The first-order valence-electron chi connectivity index (χ1n) is 8.46. The number of nitrogens with zero attached hydrogens (tertiary/aromatic N) is 2. The van der Waals surface area contributed by atoms with Gasteiger partial charge in [0.1, 0.15) is 17.3 Å². The van der Waals surface area contributed by atoms with E-state index in [4.69, 9.17) is 9.15 Å². The molecule has 0 spiro atoms. The number of ether oxygens (including phenoxy) is 1. The Kier molecular flexibility index (Phi) is 5.23. The number of aromatic nitrogens is 3. The maximum atomic E-state index is 11.1. The van der Waals surface area contributed by atoms with Gasteiger partial charge in [-0.05, 0) is 51.8 Å². The minimum absolute atomic E-state index is 0.0832. The van der Waals surface area contributed by atoms with Gasteiger partial charge in [-0.25, -0.2) is 0 Å². The second-order valence-corrected chi connectivity index (χ2v) is 8.00. The molecule has 2 heterocycles. The first kappa shape index (κ1) is 18.8. The molecule has 2 aromatic carbocycles.